The van der Waals surface area contributed by atoms with Crippen LogP contribution in [0.1, 0.15) is 5.56 Å². The number of thiol groups is 1. The minimum Gasteiger partial charge on any atom is -0.142 e. The molecule has 0 heterocycles. The van der Waals surface area contributed by atoms with Gasteiger partial charge in [-0.05, 0) is 41.6 Å². The van der Waals surface area contributed by atoms with Crippen LogP contribution in [0.15, 0.2) is 23.1 Å². The van der Waals surface area contributed by atoms with Gasteiger partial charge < -0.3 is 0 Å². The van der Waals surface area contributed by atoms with Crippen molar-refractivity contribution in [1.82, 2.24) is 0 Å². The molecule has 2 heteroatoms. The molecule has 48 valence electrons. The predicted octanol–water partition coefficient (Wildman–Crippen LogP) is 2.89. The molecule has 0 fully saturated rings. The van der Waals surface area contributed by atoms with E-state index in [2.05, 4.69) is 54.3 Å². The Labute approximate surface area is 74.2 Å². The maximum Gasteiger partial charge on any atom is 0.0266 e. The second-order valence-corrected chi connectivity index (χ2v) is 3.60. The van der Waals surface area contributed by atoms with Crippen LogP contribution in [-0.4, -0.2) is 0 Å². The first-order chi connectivity index (χ1) is 4.20. The smallest absolute Gasteiger partial charge is 0.0266 e. The molecule has 0 saturated carbocycles. The van der Waals surface area contributed by atoms with Crippen LogP contribution in [0.25, 0.3) is 0 Å². The Kier molecular flexibility index (Phi) is 2.41. The molecule has 0 spiro atoms. The van der Waals surface area contributed by atoms with E-state index in [0.29, 0.717) is 0 Å². The van der Waals surface area contributed by atoms with E-state index < -0.39 is 0 Å². The van der Waals surface area contributed by atoms with Crippen molar-refractivity contribution in [3.05, 3.63) is 27.3 Å². The van der Waals surface area contributed by atoms with Gasteiger partial charge in [-0.25, -0.2) is 0 Å². The van der Waals surface area contributed by atoms with Gasteiger partial charge in [0.15, 0.2) is 0 Å². The zero-order valence-electron chi connectivity index (χ0n) is 5.06. The average Bonchev–Trinajstić information content (AvgIpc) is 1.80. The summed E-state index contributed by atoms with van der Waals surface area (Å²) in [6.45, 7) is 2.08. The number of rotatable bonds is 0. The lowest BCUT2D eigenvalue weighted by atomic mass is 10.2. The Morgan fingerprint density at radius 1 is 1.44 bits per heavy atom. The summed E-state index contributed by atoms with van der Waals surface area (Å²) in [5.74, 6) is 0. The lowest BCUT2D eigenvalue weighted by molar-refractivity contribution is 1.34. The molecule has 0 aliphatic rings. The quantitative estimate of drug-likeness (QED) is 0.531. The summed E-state index contributed by atoms with van der Waals surface area (Å²) in [7, 11) is 0. The molecule has 1 rings (SSSR count). The van der Waals surface area contributed by atoms with Crippen molar-refractivity contribution in [3.63, 3.8) is 0 Å². The van der Waals surface area contributed by atoms with Gasteiger partial charge in [0.1, 0.15) is 0 Å². The van der Waals surface area contributed by atoms with E-state index in [1.807, 2.05) is 6.07 Å². The van der Waals surface area contributed by atoms with Gasteiger partial charge in [-0.1, -0.05) is 11.6 Å². The van der Waals surface area contributed by atoms with Gasteiger partial charge in [-0.15, -0.1) is 12.6 Å². The minimum atomic E-state index is 1.06. The summed E-state index contributed by atoms with van der Waals surface area (Å²) in [5, 5.41) is 0. The Balaban J connectivity index is 3.17. The highest BCUT2D eigenvalue weighted by molar-refractivity contribution is 14.1. The van der Waals surface area contributed by atoms with Crippen LogP contribution >= 0.6 is 35.2 Å². The molecule has 0 bridgehead atoms. The third-order valence-corrected chi connectivity index (χ3v) is 2.81. The molecular weight excluding hydrogens is 243 g/mol. The summed E-state index contributed by atoms with van der Waals surface area (Å²) in [5.41, 5.74) is 1.29. The monoisotopic (exact) mass is 250 g/mol. The largest absolute Gasteiger partial charge is 0.142 e. The maximum absolute atomic E-state index is 4.24. The molecule has 0 N–H and O–H groups in total. The van der Waals surface area contributed by atoms with Crippen LogP contribution in [0, 0.1) is 10.5 Å². The first kappa shape index (κ1) is 7.41. The number of hydrogen-bond donors (Lipinski definition) is 1. The van der Waals surface area contributed by atoms with Crippen molar-refractivity contribution in [2.45, 2.75) is 11.8 Å². The summed E-state index contributed by atoms with van der Waals surface area (Å²) in [6, 6.07) is 6.19. The standard InChI is InChI=1S/C7H7IS/c1-5-2-3-7(9)6(8)4-5/h2-4,9H,1H3. The van der Waals surface area contributed by atoms with Gasteiger partial charge in [0, 0.05) is 8.47 Å². The van der Waals surface area contributed by atoms with Crippen LogP contribution in [0.2, 0.25) is 0 Å². The van der Waals surface area contributed by atoms with Crippen molar-refractivity contribution >= 4 is 35.2 Å². The average molecular weight is 250 g/mol. The summed E-state index contributed by atoms with van der Waals surface area (Å²) < 4.78 is 1.22. The normalized spacial score (nSPS) is 9.67. The van der Waals surface area contributed by atoms with E-state index in [1.165, 1.54) is 9.13 Å². The van der Waals surface area contributed by atoms with E-state index in [4.69, 9.17) is 0 Å². The maximum atomic E-state index is 4.24. The fourth-order valence-electron chi connectivity index (χ4n) is 0.612. The fourth-order valence-corrected chi connectivity index (χ4v) is 1.42. The predicted molar refractivity (Wildman–Crippen MR) is 51.1 cm³/mol. The van der Waals surface area contributed by atoms with E-state index >= 15 is 0 Å². The zero-order chi connectivity index (χ0) is 6.85. The van der Waals surface area contributed by atoms with Crippen LogP contribution in [-0.2, 0) is 0 Å². The minimum absolute atomic E-state index is 1.06. The van der Waals surface area contributed by atoms with Crippen molar-refractivity contribution < 1.29 is 0 Å². The molecule has 0 aliphatic heterocycles. The third kappa shape index (κ3) is 1.86. The molecule has 0 unspecified atom stereocenters. The van der Waals surface area contributed by atoms with Gasteiger partial charge in [-0.2, -0.15) is 0 Å². The van der Waals surface area contributed by atoms with Crippen molar-refractivity contribution in [3.8, 4) is 0 Å². The molecule has 1 aromatic rings. The second-order valence-electron chi connectivity index (χ2n) is 1.95. The molecule has 0 aromatic heterocycles. The zero-order valence-corrected chi connectivity index (χ0v) is 8.11. The van der Waals surface area contributed by atoms with E-state index in [1.54, 1.807) is 0 Å². The highest BCUT2D eigenvalue weighted by Crippen LogP contribution is 2.16. The van der Waals surface area contributed by atoms with Gasteiger partial charge >= 0.3 is 0 Å². The fraction of sp³-hybridized carbons (Fsp3) is 0.143. The van der Waals surface area contributed by atoms with Gasteiger partial charge in [0.05, 0.1) is 0 Å². The Morgan fingerprint density at radius 2 is 2.11 bits per heavy atom. The molecule has 0 saturated heterocycles. The number of hydrogen-bond acceptors (Lipinski definition) is 1. The molecule has 0 aliphatic carbocycles. The van der Waals surface area contributed by atoms with Gasteiger partial charge in [0.25, 0.3) is 0 Å². The van der Waals surface area contributed by atoms with Crippen molar-refractivity contribution in [2.24, 2.45) is 0 Å². The highest BCUT2D eigenvalue weighted by Gasteiger charge is 1.91. The topological polar surface area (TPSA) is 0 Å². The van der Waals surface area contributed by atoms with E-state index in [0.717, 1.165) is 4.90 Å². The SMILES string of the molecule is Cc1ccc(S)c(I)c1. The molecule has 0 atom stereocenters. The van der Waals surface area contributed by atoms with Crippen LogP contribution in [0.4, 0.5) is 0 Å². The molecule has 0 radical (unpaired) electrons. The van der Waals surface area contributed by atoms with Gasteiger partial charge in [0.2, 0.25) is 0 Å². The Morgan fingerprint density at radius 3 is 2.56 bits per heavy atom. The first-order valence-corrected chi connectivity index (χ1v) is 4.18. The third-order valence-electron chi connectivity index (χ3n) is 1.10. The molecular formula is C7H7IS. The van der Waals surface area contributed by atoms with E-state index in [9.17, 15) is 0 Å². The lowest BCUT2D eigenvalue weighted by Crippen LogP contribution is -1.76. The van der Waals surface area contributed by atoms with Crippen molar-refractivity contribution in [1.29, 1.82) is 0 Å². The highest BCUT2D eigenvalue weighted by atomic mass is 127. The molecule has 1 aromatic carbocycles. The van der Waals surface area contributed by atoms with Crippen LogP contribution in [0.5, 0.6) is 0 Å². The first-order valence-electron chi connectivity index (χ1n) is 2.65. The van der Waals surface area contributed by atoms with Crippen LogP contribution < -0.4 is 0 Å². The Bertz CT molecular complexity index is 220. The van der Waals surface area contributed by atoms with Crippen LogP contribution in [0.3, 0.4) is 0 Å². The number of aryl methyl sites for hydroxylation is 1. The summed E-state index contributed by atoms with van der Waals surface area (Å²) in [6.07, 6.45) is 0. The summed E-state index contributed by atoms with van der Waals surface area (Å²) >= 11 is 6.51. The van der Waals surface area contributed by atoms with Crippen molar-refractivity contribution in [2.75, 3.05) is 0 Å². The van der Waals surface area contributed by atoms with Gasteiger partial charge in [-0.3, -0.25) is 0 Å². The number of benzene rings is 1. The molecule has 0 amide bonds. The summed E-state index contributed by atoms with van der Waals surface area (Å²) in [4.78, 5) is 1.06. The second kappa shape index (κ2) is 2.92. The Hall–Kier alpha value is 0.300. The molecule has 0 nitrogen and oxygen atoms in total. The number of halogens is 1. The van der Waals surface area contributed by atoms with E-state index in [-0.39, 0.29) is 0 Å². The molecule has 9 heavy (non-hydrogen) atoms. The lowest BCUT2D eigenvalue weighted by Gasteiger charge is -1.95.